The third-order valence-electron chi connectivity index (χ3n) is 2.71. The van der Waals surface area contributed by atoms with Gasteiger partial charge >= 0.3 is 0 Å². The van der Waals surface area contributed by atoms with Crippen LogP contribution in [-0.4, -0.2) is 21.1 Å². The summed E-state index contributed by atoms with van der Waals surface area (Å²) in [5, 5.41) is 9.54. The minimum atomic E-state index is -0.231. The summed E-state index contributed by atoms with van der Waals surface area (Å²) in [6, 6.07) is 4.14. The second-order valence-corrected chi connectivity index (χ2v) is 5.51. The molecule has 0 aromatic carbocycles. The van der Waals surface area contributed by atoms with Gasteiger partial charge in [-0.05, 0) is 25.0 Å². The molecule has 0 atom stereocenters. The summed E-state index contributed by atoms with van der Waals surface area (Å²) in [6.45, 7) is 4.71. The van der Waals surface area contributed by atoms with Gasteiger partial charge in [-0.15, -0.1) is 16.4 Å². The molecule has 0 aliphatic carbocycles. The van der Waals surface area contributed by atoms with E-state index in [2.05, 4.69) is 40.4 Å². The highest BCUT2D eigenvalue weighted by molar-refractivity contribution is 7.11. The maximum atomic E-state index is 11.9. The molecule has 2 aromatic heterocycles. The molecule has 5 nitrogen and oxygen atoms in total. The van der Waals surface area contributed by atoms with Crippen LogP contribution in [-0.2, 0) is 19.4 Å². The number of aromatic nitrogens is 3. The average molecular weight is 278 g/mol. The standard InChI is InChI=1S/C13H18N4OS/c1-3-5-11-15-12(17-16-11)13(18)14-8-10-7-6-9(4-2)19-10/h6-7H,3-5,8H2,1-2H3,(H,14,18)(H,15,16,17). The third-order valence-corrected chi connectivity index (χ3v) is 3.94. The van der Waals surface area contributed by atoms with Gasteiger partial charge in [0, 0.05) is 16.2 Å². The first-order valence-corrected chi connectivity index (χ1v) is 7.31. The van der Waals surface area contributed by atoms with Gasteiger partial charge in [0.05, 0.1) is 6.54 Å². The number of amides is 1. The minimum Gasteiger partial charge on any atom is -0.344 e. The molecule has 0 fully saturated rings. The molecule has 0 aliphatic rings. The Hall–Kier alpha value is -1.69. The van der Waals surface area contributed by atoms with E-state index in [1.807, 2.05) is 6.07 Å². The number of hydrogen-bond acceptors (Lipinski definition) is 4. The van der Waals surface area contributed by atoms with Crippen LogP contribution in [0.25, 0.3) is 0 Å². The van der Waals surface area contributed by atoms with Crippen molar-refractivity contribution in [3.05, 3.63) is 33.5 Å². The summed E-state index contributed by atoms with van der Waals surface area (Å²) >= 11 is 1.72. The number of H-pyrrole nitrogens is 1. The third kappa shape index (κ3) is 3.64. The van der Waals surface area contributed by atoms with Gasteiger partial charge in [0.2, 0.25) is 5.82 Å². The zero-order valence-corrected chi connectivity index (χ0v) is 12.0. The molecule has 0 radical (unpaired) electrons. The first kappa shape index (κ1) is 13.7. The maximum absolute atomic E-state index is 11.9. The average Bonchev–Trinajstić information content (AvgIpc) is 3.05. The summed E-state index contributed by atoms with van der Waals surface area (Å²) in [4.78, 5) is 18.5. The van der Waals surface area contributed by atoms with Gasteiger partial charge in [0.1, 0.15) is 5.82 Å². The summed E-state index contributed by atoms with van der Waals surface area (Å²) in [5.74, 6) is 0.748. The molecule has 0 saturated carbocycles. The molecule has 2 N–H and O–H groups in total. The van der Waals surface area contributed by atoms with Crippen molar-refractivity contribution in [1.29, 1.82) is 0 Å². The maximum Gasteiger partial charge on any atom is 0.291 e. The number of aryl methyl sites for hydroxylation is 2. The van der Waals surface area contributed by atoms with Crippen LogP contribution < -0.4 is 5.32 Å². The fraction of sp³-hybridized carbons (Fsp3) is 0.462. The lowest BCUT2D eigenvalue weighted by Gasteiger charge is -1.99. The van der Waals surface area contributed by atoms with Crippen molar-refractivity contribution in [2.45, 2.75) is 39.7 Å². The van der Waals surface area contributed by atoms with Crippen LogP contribution in [0.5, 0.6) is 0 Å². The highest BCUT2D eigenvalue weighted by Crippen LogP contribution is 2.16. The molecule has 2 rings (SSSR count). The molecule has 1 amide bonds. The molecule has 0 aliphatic heterocycles. The number of carbonyl (C=O) groups is 1. The Morgan fingerprint density at radius 3 is 2.84 bits per heavy atom. The molecule has 2 aromatic rings. The summed E-state index contributed by atoms with van der Waals surface area (Å²) in [5.41, 5.74) is 0. The van der Waals surface area contributed by atoms with Crippen LogP contribution in [0.3, 0.4) is 0 Å². The lowest BCUT2D eigenvalue weighted by Crippen LogP contribution is -2.23. The Bertz CT molecular complexity index is 546. The molecule has 6 heteroatoms. The van der Waals surface area contributed by atoms with Crippen LogP contribution in [0.1, 0.15) is 46.5 Å². The Labute approximate surface area is 116 Å². The van der Waals surface area contributed by atoms with Gasteiger partial charge in [-0.3, -0.25) is 9.89 Å². The second-order valence-electron chi connectivity index (χ2n) is 4.26. The smallest absolute Gasteiger partial charge is 0.291 e. The number of nitrogens with one attached hydrogen (secondary N) is 2. The van der Waals surface area contributed by atoms with Crippen LogP contribution in [0.4, 0.5) is 0 Å². The Morgan fingerprint density at radius 2 is 2.16 bits per heavy atom. The molecule has 0 unspecified atom stereocenters. The predicted octanol–water partition coefficient (Wildman–Crippen LogP) is 2.31. The molecular formula is C13H18N4OS. The number of aromatic amines is 1. The van der Waals surface area contributed by atoms with Crippen LogP contribution in [0, 0.1) is 0 Å². The molecular weight excluding hydrogens is 260 g/mol. The van der Waals surface area contributed by atoms with E-state index in [0.29, 0.717) is 6.54 Å². The lowest BCUT2D eigenvalue weighted by molar-refractivity contribution is 0.0941. The number of thiophene rings is 1. The SMILES string of the molecule is CCCc1nc(C(=O)NCc2ccc(CC)s2)n[nH]1. The van der Waals surface area contributed by atoms with E-state index in [4.69, 9.17) is 0 Å². The Morgan fingerprint density at radius 1 is 1.37 bits per heavy atom. The van der Waals surface area contributed by atoms with Crippen molar-refractivity contribution in [2.24, 2.45) is 0 Å². The highest BCUT2D eigenvalue weighted by atomic mass is 32.1. The quantitative estimate of drug-likeness (QED) is 0.852. The van der Waals surface area contributed by atoms with E-state index in [9.17, 15) is 4.79 Å². The van der Waals surface area contributed by atoms with E-state index in [0.717, 1.165) is 30.0 Å². The second kappa shape index (κ2) is 6.47. The van der Waals surface area contributed by atoms with Crippen LogP contribution in [0.2, 0.25) is 0 Å². The van der Waals surface area contributed by atoms with Gasteiger partial charge in [-0.25, -0.2) is 4.98 Å². The monoisotopic (exact) mass is 278 g/mol. The molecule has 0 spiro atoms. The summed E-state index contributed by atoms with van der Waals surface area (Å²) in [6.07, 6.45) is 2.82. The zero-order valence-electron chi connectivity index (χ0n) is 11.2. The predicted molar refractivity (Wildman–Crippen MR) is 75.2 cm³/mol. The first-order chi connectivity index (χ1) is 9.22. The van der Waals surface area contributed by atoms with Crippen molar-refractivity contribution in [3.63, 3.8) is 0 Å². The fourth-order valence-electron chi connectivity index (χ4n) is 1.70. The number of hydrogen-bond donors (Lipinski definition) is 2. The first-order valence-electron chi connectivity index (χ1n) is 6.50. The zero-order chi connectivity index (χ0) is 13.7. The van der Waals surface area contributed by atoms with E-state index in [1.54, 1.807) is 11.3 Å². The lowest BCUT2D eigenvalue weighted by atomic mass is 10.3. The summed E-state index contributed by atoms with van der Waals surface area (Å²) < 4.78 is 0. The van der Waals surface area contributed by atoms with E-state index < -0.39 is 0 Å². The molecule has 0 bridgehead atoms. The van der Waals surface area contributed by atoms with Gasteiger partial charge in [0.25, 0.3) is 5.91 Å². The summed E-state index contributed by atoms with van der Waals surface area (Å²) in [7, 11) is 0. The Kier molecular flexibility index (Phi) is 4.68. The molecule has 0 saturated heterocycles. The molecule has 2 heterocycles. The van der Waals surface area contributed by atoms with E-state index in [-0.39, 0.29) is 11.7 Å². The van der Waals surface area contributed by atoms with Gasteiger partial charge in [-0.2, -0.15) is 0 Å². The van der Waals surface area contributed by atoms with Crippen LogP contribution in [0.15, 0.2) is 12.1 Å². The fourth-order valence-corrected chi connectivity index (χ4v) is 2.60. The van der Waals surface area contributed by atoms with E-state index >= 15 is 0 Å². The molecule has 102 valence electrons. The van der Waals surface area contributed by atoms with Crippen molar-refractivity contribution in [3.8, 4) is 0 Å². The number of rotatable bonds is 6. The van der Waals surface area contributed by atoms with Crippen LogP contribution >= 0.6 is 11.3 Å². The number of carbonyl (C=O) groups excluding carboxylic acids is 1. The number of nitrogens with zero attached hydrogens (tertiary/aromatic N) is 2. The van der Waals surface area contributed by atoms with Gasteiger partial charge in [-0.1, -0.05) is 13.8 Å². The van der Waals surface area contributed by atoms with E-state index in [1.165, 1.54) is 4.88 Å². The van der Waals surface area contributed by atoms with Crippen molar-refractivity contribution < 1.29 is 4.79 Å². The highest BCUT2D eigenvalue weighted by Gasteiger charge is 2.12. The topological polar surface area (TPSA) is 70.7 Å². The Balaban J connectivity index is 1.89. The van der Waals surface area contributed by atoms with Crippen molar-refractivity contribution in [1.82, 2.24) is 20.5 Å². The van der Waals surface area contributed by atoms with Gasteiger partial charge in [0.15, 0.2) is 0 Å². The largest absolute Gasteiger partial charge is 0.344 e. The van der Waals surface area contributed by atoms with Crippen molar-refractivity contribution >= 4 is 17.2 Å². The van der Waals surface area contributed by atoms with Gasteiger partial charge < -0.3 is 5.32 Å². The minimum absolute atomic E-state index is 0.218. The normalized spacial score (nSPS) is 10.6. The molecule has 19 heavy (non-hydrogen) atoms. The van der Waals surface area contributed by atoms with Crippen molar-refractivity contribution in [2.75, 3.05) is 0 Å².